The molecule has 1 N–H and O–H groups in total. The van der Waals surface area contributed by atoms with Gasteiger partial charge in [0.15, 0.2) is 0 Å². The molecule has 0 aromatic carbocycles. The molecular weight excluding hydrogens is 219 g/mol. The number of ether oxygens (including phenoxy) is 1. The van der Waals surface area contributed by atoms with E-state index >= 15 is 0 Å². The maximum atomic E-state index is 13.0. The molecule has 1 saturated heterocycles. The van der Waals surface area contributed by atoms with Gasteiger partial charge in [0.1, 0.15) is 0 Å². The molecule has 0 amide bonds. The van der Waals surface area contributed by atoms with Crippen LogP contribution in [0.4, 0.5) is 16.2 Å². The minimum absolute atomic E-state index is 0.143. The molecule has 1 aromatic heterocycles. The maximum Gasteiger partial charge on any atom is 0.290 e. The Labute approximate surface area is 89.2 Å². The zero-order valence-electron chi connectivity index (χ0n) is 8.27. The third-order valence-electron chi connectivity index (χ3n) is 2.23. The summed E-state index contributed by atoms with van der Waals surface area (Å²) in [5, 5.41) is 2.37. The zero-order chi connectivity index (χ0) is 11.5. The second-order valence-electron chi connectivity index (χ2n) is 3.22. The van der Waals surface area contributed by atoms with Crippen LogP contribution in [0.1, 0.15) is 0 Å². The number of nitrogens with zero attached hydrogens (tertiary/aromatic N) is 3. The number of halogens is 1. The predicted molar refractivity (Wildman–Crippen MR) is 53.3 cm³/mol. The first-order chi connectivity index (χ1) is 7.72. The van der Waals surface area contributed by atoms with E-state index in [0.29, 0.717) is 26.3 Å². The zero-order valence-corrected chi connectivity index (χ0v) is 8.27. The van der Waals surface area contributed by atoms with Gasteiger partial charge >= 0.3 is 0 Å². The van der Waals surface area contributed by atoms with E-state index in [1.54, 1.807) is 4.90 Å². The molecular formula is C8H9FN4O3. The number of nitrogens with one attached hydrogen (secondary N) is 1. The van der Waals surface area contributed by atoms with Crippen molar-refractivity contribution in [3.05, 3.63) is 21.1 Å². The highest BCUT2D eigenvalue weighted by Crippen LogP contribution is 2.15. The Morgan fingerprint density at radius 2 is 2.12 bits per heavy atom. The first kappa shape index (κ1) is 10.7. The molecule has 0 aliphatic carbocycles. The summed E-state index contributed by atoms with van der Waals surface area (Å²) in [7, 11) is 0. The molecule has 2 heterocycles. The summed E-state index contributed by atoms with van der Waals surface area (Å²) in [5.41, 5.74) is -0.994. The number of rotatable bonds is 2. The van der Waals surface area contributed by atoms with Gasteiger partial charge in [0.25, 0.3) is 5.56 Å². The van der Waals surface area contributed by atoms with E-state index in [0.717, 1.165) is 0 Å². The topological polar surface area (TPSA) is 87.7 Å². The van der Waals surface area contributed by atoms with E-state index in [9.17, 15) is 14.1 Å². The van der Waals surface area contributed by atoms with Gasteiger partial charge in [0.05, 0.1) is 13.2 Å². The summed E-state index contributed by atoms with van der Waals surface area (Å²) in [6, 6.07) is 0. The van der Waals surface area contributed by atoms with Gasteiger partial charge in [0, 0.05) is 13.1 Å². The summed E-state index contributed by atoms with van der Waals surface area (Å²) in [6.07, 6.45) is 0. The Balaban J connectivity index is 2.37. The van der Waals surface area contributed by atoms with Gasteiger partial charge in [-0.2, -0.15) is 9.37 Å². The Kier molecular flexibility index (Phi) is 2.91. The second kappa shape index (κ2) is 4.35. The van der Waals surface area contributed by atoms with Crippen LogP contribution in [0.3, 0.4) is 0 Å². The van der Waals surface area contributed by atoms with Crippen LogP contribution in [-0.2, 0) is 4.74 Å². The van der Waals surface area contributed by atoms with Gasteiger partial charge in [-0.3, -0.25) is 9.78 Å². The summed E-state index contributed by atoms with van der Waals surface area (Å²) in [5.74, 6) is -1.83. The molecule has 0 spiro atoms. The highest BCUT2D eigenvalue weighted by molar-refractivity contribution is 5.38. The monoisotopic (exact) mass is 228 g/mol. The van der Waals surface area contributed by atoms with Crippen molar-refractivity contribution >= 4 is 11.8 Å². The lowest BCUT2D eigenvalue weighted by atomic mass is 10.4. The molecule has 1 aromatic rings. The van der Waals surface area contributed by atoms with E-state index in [1.807, 2.05) is 0 Å². The standard InChI is InChI=1S/C8H9FN4O3/c9-5-6(12-15)10-8(11-7(5)14)13-1-3-16-4-2-13/h1-4H2,(H,10,11,14). The molecule has 1 aliphatic heterocycles. The number of aromatic amines is 1. The molecule has 86 valence electrons. The van der Waals surface area contributed by atoms with Gasteiger partial charge in [-0.25, -0.2) is 0 Å². The minimum atomic E-state index is -1.26. The number of hydrogen-bond donors (Lipinski definition) is 1. The molecule has 0 saturated carbocycles. The van der Waals surface area contributed by atoms with Gasteiger partial charge in [-0.1, -0.05) is 0 Å². The van der Waals surface area contributed by atoms with Gasteiger partial charge in [-0.05, 0) is 5.18 Å². The van der Waals surface area contributed by atoms with Crippen molar-refractivity contribution in [2.75, 3.05) is 31.2 Å². The Bertz CT molecular complexity index is 455. The Morgan fingerprint density at radius 3 is 2.75 bits per heavy atom. The lowest BCUT2D eigenvalue weighted by Crippen LogP contribution is -2.38. The normalized spacial score (nSPS) is 16.2. The number of nitroso groups, excluding NO2 is 1. The van der Waals surface area contributed by atoms with Crippen LogP contribution in [-0.4, -0.2) is 36.3 Å². The number of H-pyrrole nitrogens is 1. The van der Waals surface area contributed by atoms with Crippen LogP contribution in [0.15, 0.2) is 9.97 Å². The summed E-state index contributed by atoms with van der Waals surface area (Å²) < 4.78 is 18.1. The third-order valence-corrected chi connectivity index (χ3v) is 2.23. The Hall–Kier alpha value is -1.83. The van der Waals surface area contributed by atoms with Crippen molar-refractivity contribution in [3.63, 3.8) is 0 Å². The van der Waals surface area contributed by atoms with Crippen LogP contribution in [0, 0.1) is 10.7 Å². The number of aromatic nitrogens is 2. The van der Waals surface area contributed by atoms with Crippen LogP contribution in [0.5, 0.6) is 0 Å². The van der Waals surface area contributed by atoms with Gasteiger partial charge < -0.3 is 9.64 Å². The van der Waals surface area contributed by atoms with Crippen LogP contribution in [0.2, 0.25) is 0 Å². The molecule has 1 aliphatic rings. The average Bonchev–Trinajstić information content (AvgIpc) is 2.33. The van der Waals surface area contributed by atoms with Crippen molar-refractivity contribution in [3.8, 4) is 0 Å². The largest absolute Gasteiger partial charge is 0.378 e. The predicted octanol–water partition coefficient (Wildman–Crippen LogP) is 0.144. The quantitative estimate of drug-likeness (QED) is 0.727. The lowest BCUT2D eigenvalue weighted by Gasteiger charge is -2.26. The molecule has 0 bridgehead atoms. The molecule has 0 unspecified atom stereocenters. The van der Waals surface area contributed by atoms with E-state index in [-0.39, 0.29) is 5.95 Å². The van der Waals surface area contributed by atoms with Crippen molar-refractivity contribution in [1.29, 1.82) is 0 Å². The molecule has 0 radical (unpaired) electrons. The second-order valence-corrected chi connectivity index (χ2v) is 3.22. The molecule has 0 atom stereocenters. The van der Waals surface area contributed by atoms with Gasteiger partial charge in [0.2, 0.25) is 17.6 Å². The average molecular weight is 228 g/mol. The Morgan fingerprint density at radius 1 is 1.44 bits per heavy atom. The highest BCUT2D eigenvalue weighted by atomic mass is 19.1. The lowest BCUT2D eigenvalue weighted by molar-refractivity contribution is 0.122. The van der Waals surface area contributed by atoms with E-state index in [1.165, 1.54) is 0 Å². The van der Waals surface area contributed by atoms with Crippen molar-refractivity contribution in [1.82, 2.24) is 9.97 Å². The molecule has 1 fully saturated rings. The first-order valence-corrected chi connectivity index (χ1v) is 4.68. The smallest absolute Gasteiger partial charge is 0.290 e. The van der Waals surface area contributed by atoms with Crippen molar-refractivity contribution < 1.29 is 9.13 Å². The number of anilines is 1. The van der Waals surface area contributed by atoms with E-state index in [2.05, 4.69) is 15.1 Å². The first-order valence-electron chi connectivity index (χ1n) is 4.68. The molecule has 2 rings (SSSR count). The van der Waals surface area contributed by atoms with Crippen LogP contribution < -0.4 is 10.5 Å². The summed E-state index contributed by atoms with van der Waals surface area (Å²) in [6.45, 7) is 2.02. The van der Waals surface area contributed by atoms with E-state index < -0.39 is 17.2 Å². The van der Waals surface area contributed by atoms with Crippen LogP contribution in [0.25, 0.3) is 0 Å². The third kappa shape index (κ3) is 1.91. The SMILES string of the molecule is O=Nc1nc(N2CCOCC2)[nH]c(=O)c1F. The fourth-order valence-electron chi connectivity index (χ4n) is 1.42. The summed E-state index contributed by atoms with van der Waals surface area (Å²) >= 11 is 0. The van der Waals surface area contributed by atoms with Gasteiger partial charge in [-0.15, -0.1) is 4.91 Å². The van der Waals surface area contributed by atoms with Crippen molar-refractivity contribution in [2.24, 2.45) is 5.18 Å². The van der Waals surface area contributed by atoms with E-state index in [4.69, 9.17) is 4.74 Å². The minimum Gasteiger partial charge on any atom is -0.378 e. The molecule has 16 heavy (non-hydrogen) atoms. The van der Waals surface area contributed by atoms with Crippen molar-refractivity contribution in [2.45, 2.75) is 0 Å². The number of morpholine rings is 1. The fourth-order valence-corrected chi connectivity index (χ4v) is 1.42. The fraction of sp³-hybridized carbons (Fsp3) is 0.500. The highest BCUT2D eigenvalue weighted by Gasteiger charge is 2.17. The molecule has 8 heteroatoms. The van der Waals surface area contributed by atoms with Crippen LogP contribution >= 0.6 is 0 Å². The summed E-state index contributed by atoms with van der Waals surface area (Å²) in [4.78, 5) is 29.0. The maximum absolute atomic E-state index is 13.0. The molecule has 7 nitrogen and oxygen atoms in total. The number of hydrogen-bond acceptors (Lipinski definition) is 6.